The van der Waals surface area contributed by atoms with Crippen LogP contribution in [0.2, 0.25) is 0 Å². The molecule has 6 nitrogen and oxygen atoms in total. The molecule has 4 aromatic rings. The monoisotopic (exact) mass is 452 g/mol. The van der Waals surface area contributed by atoms with Gasteiger partial charge in [0, 0.05) is 43.0 Å². The van der Waals surface area contributed by atoms with Crippen molar-refractivity contribution in [1.29, 1.82) is 5.41 Å². The van der Waals surface area contributed by atoms with E-state index in [-0.39, 0.29) is 5.92 Å². The van der Waals surface area contributed by atoms with Crippen LogP contribution in [-0.4, -0.2) is 47.3 Å². The highest BCUT2D eigenvalue weighted by Gasteiger charge is 2.32. The minimum absolute atomic E-state index is 0.101. The zero-order chi connectivity index (χ0) is 22.9. The lowest BCUT2D eigenvalue weighted by atomic mass is 9.83. The summed E-state index contributed by atoms with van der Waals surface area (Å²) in [6.07, 6.45) is 2.73. The third-order valence-electron chi connectivity index (χ3n) is 6.91. The summed E-state index contributed by atoms with van der Waals surface area (Å²) in [5.41, 5.74) is 3.53. The molecule has 1 aromatic heterocycles. The second-order valence-electron chi connectivity index (χ2n) is 8.96. The lowest BCUT2D eigenvalue weighted by Gasteiger charge is -2.30. The largest absolute Gasteiger partial charge is 0.438 e. The molecule has 0 radical (unpaired) electrons. The smallest absolute Gasteiger partial charge is 0.228 e. The summed E-state index contributed by atoms with van der Waals surface area (Å²) in [6, 6.07) is 23.0. The summed E-state index contributed by atoms with van der Waals surface area (Å²) in [4.78, 5) is 7.14. The maximum Gasteiger partial charge on any atom is 0.228 e. The lowest BCUT2D eigenvalue weighted by Crippen LogP contribution is -2.37. The van der Waals surface area contributed by atoms with Gasteiger partial charge in [0.15, 0.2) is 0 Å². The number of ether oxygens (including phenoxy) is 2. The quantitative estimate of drug-likeness (QED) is 0.426. The number of benzene rings is 3. The molecule has 1 saturated heterocycles. The van der Waals surface area contributed by atoms with E-state index < -0.39 is 0 Å². The molecule has 0 amide bonds. The number of nitrogens with one attached hydrogen (secondary N) is 1. The zero-order valence-corrected chi connectivity index (χ0v) is 19.1. The van der Waals surface area contributed by atoms with Crippen molar-refractivity contribution in [2.45, 2.75) is 18.9 Å². The second kappa shape index (κ2) is 9.05. The highest BCUT2D eigenvalue weighted by Crippen LogP contribution is 2.47. The van der Waals surface area contributed by atoms with Crippen LogP contribution in [0, 0.1) is 5.41 Å². The van der Waals surface area contributed by atoms with Gasteiger partial charge in [0.05, 0.1) is 18.8 Å². The Hall–Kier alpha value is -3.48. The van der Waals surface area contributed by atoms with Crippen molar-refractivity contribution < 1.29 is 9.47 Å². The van der Waals surface area contributed by atoms with E-state index >= 15 is 0 Å². The minimum atomic E-state index is -0.101. The fourth-order valence-corrected chi connectivity index (χ4v) is 5.15. The average Bonchev–Trinajstić information content (AvgIpc) is 2.90. The van der Waals surface area contributed by atoms with E-state index in [1.165, 1.54) is 0 Å². The molecule has 0 bridgehead atoms. The van der Waals surface area contributed by atoms with E-state index in [2.05, 4.69) is 53.4 Å². The van der Waals surface area contributed by atoms with Crippen molar-refractivity contribution in [1.82, 2.24) is 14.5 Å². The van der Waals surface area contributed by atoms with Gasteiger partial charge in [-0.1, -0.05) is 66.7 Å². The van der Waals surface area contributed by atoms with E-state index in [0.717, 1.165) is 79.0 Å². The van der Waals surface area contributed by atoms with Gasteiger partial charge in [0.25, 0.3) is 0 Å². The van der Waals surface area contributed by atoms with Gasteiger partial charge in [-0.25, -0.2) is 4.98 Å². The summed E-state index contributed by atoms with van der Waals surface area (Å²) in [6.45, 7) is 5.33. The molecule has 2 aliphatic rings. The predicted molar refractivity (Wildman–Crippen MR) is 131 cm³/mol. The number of aromatic nitrogens is 2. The SMILES string of the molecule is N=c1c2c(ncn1CCCN1CCOCC1)Oc1c(ccc3ccccc13)C2c1ccccc1. The number of rotatable bonds is 5. The lowest BCUT2D eigenvalue weighted by molar-refractivity contribution is 0.0369. The van der Waals surface area contributed by atoms with Gasteiger partial charge in [-0.2, -0.15) is 0 Å². The van der Waals surface area contributed by atoms with Crippen molar-refractivity contribution in [2.24, 2.45) is 0 Å². The first-order chi connectivity index (χ1) is 16.8. The third kappa shape index (κ3) is 3.79. The van der Waals surface area contributed by atoms with Crippen molar-refractivity contribution >= 4 is 10.8 Å². The first-order valence-electron chi connectivity index (χ1n) is 12.0. The Morgan fingerprint density at radius 1 is 0.912 bits per heavy atom. The molecule has 172 valence electrons. The zero-order valence-electron chi connectivity index (χ0n) is 19.1. The average molecular weight is 453 g/mol. The fraction of sp³-hybridized carbons (Fsp3) is 0.286. The predicted octanol–water partition coefficient (Wildman–Crippen LogP) is 4.52. The van der Waals surface area contributed by atoms with Gasteiger partial charge in [-0.3, -0.25) is 10.3 Å². The van der Waals surface area contributed by atoms with Crippen LogP contribution in [0.25, 0.3) is 10.8 Å². The first-order valence-corrected chi connectivity index (χ1v) is 12.0. The number of nitrogens with zero attached hydrogens (tertiary/aromatic N) is 3. The molecule has 1 N–H and O–H groups in total. The Balaban J connectivity index is 1.40. The number of morpholine rings is 1. The Morgan fingerprint density at radius 3 is 2.56 bits per heavy atom. The molecule has 6 heteroatoms. The Labute approximate surface area is 198 Å². The summed E-state index contributed by atoms with van der Waals surface area (Å²) >= 11 is 0. The van der Waals surface area contributed by atoms with E-state index in [1.807, 2.05) is 22.8 Å². The van der Waals surface area contributed by atoms with Gasteiger partial charge < -0.3 is 14.0 Å². The summed E-state index contributed by atoms with van der Waals surface area (Å²) < 4.78 is 13.8. The van der Waals surface area contributed by atoms with Crippen LogP contribution in [0.3, 0.4) is 0 Å². The van der Waals surface area contributed by atoms with Gasteiger partial charge in [-0.05, 0) is 17.4 Å². The minimum Gasteiger partial charge on any atom is -0.438 e. The van der Waals surface area contributed by atoms with Crippen molar-refractivity contribution in [3.05, 3.63) is 95.2 Å². The number of aryl methyl sites for hydroxylation is 1. The van der Waals surface area contributed by atoms with Crippen molar-refractivity contribution in [3.63, 3.8) is 0 Å². The summed E-state index contributed by atoms with van der Waals surface area (Å²) in [5, 5.41) is 11.3. The number of hydrogen-bond acceptors (Lipinski definition) is 5. The third-order valence-corrected chi connectivity index (χ3v) is 6.91. The second-order valence-corrected chi connectivity index (χ2v) is 8.96. The van der Waals surface area contributed by atoms with Crippen molar-refractivity contribution in [2.75, 3.05) is 32.8 Å². The van der Waals surface area contributed by atoms with Crippen LogP contribution in [0.4, 0.5) is 0 Å². The maximum atomic E-state index is 9.14. The fourth-order valence-electron chi connectivity index (χ4n) is 5.15. The van der Waals surface area contributed by atoms with Crippen LogP contribution < -0.4 is 10.2 Å². The molecule has 1 unspecified atom stereocenters. The molecule has 2 aliphatic heterocycles. The highest BCUT2D eigenvalue weighted by molar-refractivity contribution is 5.91. The Kier molecular flexibility index (Phi) is 5.61. The summed E-state index contributed by atoms with van der Waals surface area (Å²) in [7, 11) is 0. The molecule has 34 heavy (non-hydrogen) atoms. The van der Waals surface area contributed by atoms with Gasteiger partial charge in [0.2, 0.25) is 5.88 Å². The molecule has 3 heterocycles. The molecule has 0 spiro atoms. The van der Waals surface area contributed by atoms with Crippen LogP contribution in [-0.2, 0) is 11.3 Å². The molecule has 1 fully saturated rings. The maximum absolute atomic E-state index is 9.14. The highest BCUT2D eigenvalue weighted by atomic mass is 16.5. The van der Waals surface area contributed by atoms with E-state index in [9.17, 15) is 0 Å². The van der Waals surface area contributed by atoms with E-state index in [0.29, 0.717) is 11.4 Å². The molecule has 0 aliphatic carbocycles. The normalized spacial score (nSPS) is 17.7. The molecule has 3 aromatic carbocycles. The molecule has 0 saturated carbocycles. The Morgan fingerprint density at radius 2 is 1.71 bits per heavy atom. The number of fused-ring (bicyclic) bond motifs is 4. The Bertz CT molecular complexity index is 1380. The van der Waals surface area contributed by atoms with Gasteiger partial charge in [0.1, 0.15) is 17.6 Å². The standard InChI is InChI=1S/C28H28N4O2/c29-27-25-24(21-8-2-1-3-9-21)23-12-11-20-7-4-5-10-22(20)26(23)34-28(25)30-19-32(27)14-6-13-31-15-17-33-18-16-31/h1-5,7-12,19,24,29H,6,13-18H2. The van der Waals surface area contributed by atoms with Gasteiger partial charge in [-0.15, -0.1) is 0 Å². The summed E-state index contributed by atoms with van der Waals surface area (Å²) in [5.74, 6) is 1.28. The molecular weight excluding hydrogens is 424 g/mol. The van der Waals surface area contributed by atoms with Crippen LogP contribution in [0.5, 0.6) is 11.6 Å². The molecular formula is C28H28N4O2. The van der Waals surface area contributed by atoms with Crippen LogP contribution >= 0.6 is 0 Å². The topological polar surface area (TPSA) is 63.4 Å². The van der Waals surface area contributed by atoms with Crippen LogP contribution in [0.15, 0.2) is 73.1 Å². The van der Waals surface area contributed by atoms with E-state index in [4.69, 9.17) is 19.9 Å². The first kappa shape index (κ1) is 21.1. The molecule has 1 atom stereocenters. The molecule has 6 rings (SSSR count). The van der Waals surface area contributed by atoms with E-state index in [1.54, 1.807) is 6.33 Å². The van der Waals surface area contributed by atoms with Gasteiger partial charge >= 0.3 is 0 Å². The van der Waals surface area contributed by atoms with Crippen LogP contribution in [0.1, 0.15) is 29.0 Å². The van der Waals surface area contributed by atoms with Crippen molar-refractivity contribution in [3.8, 4) is 11.6 Å². The number of hydrogen-bond donors (Lipinski definition) is 1.